The summed E-state index contributed by atoms with van der Waals surface area (Å²) in [5.74, 6) is -0.225. The van der Waals surface area contributed by atoms with E-state index in [4.69, 9.17) is 5.73 Å². The van der Waals surface area contributed by atoms with E-state index >= 15 is 0 Å². The molecule has 2 rings (SSSR count). The lowest BCUT2D eigenvalue weighted by atomic mass is 10.2. The highest BCUT2D eigenvalue weighted by Gasteiger charge is 2.06. The van der Waals surface area contributed by atoms with Crippen LogP contribution in [0.15, 0.2) is 42.6 Å². The third kappa shape index (κ3) is 2.97. The van der Waals surface area contributed by atoms with Crippen LogP contribution in [-0.2, 0) is 6.54 Å². The van der Waals surface area contributed by atoms with E-state index in [1.165, 1.54) is 12.1 Å². The topological polar surface area (TPSA) is 42.1 Å². The Bertz CT molecular complexity index is 511. The molecule has 3 nitrogen and oxygen atoms in total. The molecule has 18 heavy (non-hydrogen) atoms. The van der Waals surface area contributed by atoms with E-state index in [-0.39, 0.29) is 5.82 Å². The van der Waals surface area contributed by atoms with Gasteiger partial charge in [0.25, 0.3) is 0 Å². The van der Waals surface area contributed by atoms with E-state index in [1.807, 2.05) is 6.07 Å². The number of aromatic nitrogens is 1. The van der Waals surface area contributed by atoms with Gasteiger partial charge in [-0.2, -0.15) is 0 Å². The van der Waals surface area contributed by atoms with Crippen LogP contribution in [0, 0.1) is 5.82 Å². The zero-order chi connectivity index (χ0) is 13.0. The molecule has 0 radical (unpaired) electrons. The Labute approximate surface area is 106 Å². The minimum atomic E-state index is -0.225. The predicted octanol–water partition coefficient (Wildman–Crippen LogP) is 2.83. The zero-order valence-electron chi connectivity index (χ0n) is 10.3. The molecular formula is C14H16FN3. The van der Waals surface area contributed by atoms with Crippen LogP contribution < -0.4 is 10.6 Å². The fraction of sp³-hybridized carbons (Fsp3) is 0.214. The van der Waals surface area contributed by atoms with Crippen molar-refractivity contribution >= 4 is 11.4 Å². The van der Waals surface area contributed by atoms with Crippen molar-refractivity contribution in [2.75, 3.05) is 17.2 Å². The zero-order valence-corrected chi connectivity index (χ0v) is 10.3. The molecule has 0 saturated heterocycles. The van der Waals surface area contributed by atoms with Crippen molar-refractivity contribution in [3.05, 3.63) is 54.1 Å². The number of anilines is 2. The number of nitrogens with two attached hydrogens (primary N) is 1. The summed E-state index contributed by atoms with van der Waals surface area (Å²) in [5.41, 5.74) is 8.31. The highest BCUT2D eigenvalue weighted by Crippen LogP contribution is 2.17. The van der Waals surface area contributed by atoms with E-state index in [9.17, 15) is 4.39 Å². The molecule has 1 heterocycles. The number of nitrogens with zero attached hydrogens (tertiary/aromatic N) is 2. The summed E-state index contributed by atoms with van der Waals surface area (Å²) in [4.78, 5) is 6.39. The van der Waals surface area contributed by atoms with Gasteiger partial charge in [0.1, 0.15) is 5.82 Å². The number of benzene rings is 1. The van der Waals surface area contributed by atoms with Crippen LogP contribution in [0.25, 0.3) is 0 Å². The summed E-state index contributed by atoms with van der Waals surface area (Å²) < 4.78 is 12.9. The van der Waals surface area contributed by atoms with Crippen molar-refractivity contribution in [2.24, 2.45) is 0 Å². The summed E-state index contributed by atoms with van der Waals surface area (Å²) in [7, 11) is 0. The Morgan fingerprint density at radius 3 is 2.56 bits per heavy atom. The van der Waals surface area contributed by atoms with E-state index < -0.39 is 0 Å². The SMILES string of the molecule is CCN(Cc1cc(N)ccn1)c1ccc(F)cc1. The van der Waals surface area contributed by atoms with Crippen molar-refractivity contribution in [2.45, 2.75) is 13.5 Å². The third-order valence-electron chi connectivity index (χ3n) is 2.77. The molecule has 1 aromatic carbocycles. The first-order valence-corrected chi connectivity index (χ1v) is 5.90. The molecule has 0 saturated carbocycles. The monoisotopic (exact) mass is 245 g/mol. The first-order chi connectivity index (χ1) is 8.69. The van der Waals surface area contributed by atoms with Crippen molar-refractivity contribution in [1.29, 1.82) is 0 Å². The van der Waals surface area contributed by atoms with Gasteiger partial charge in [-0.3, -0.25) is 4.98 Å². The van der Waals surface area contributed by atoms with E-state index in [2.05, 4.69) is 16.8 Å². The van der Waals surface area contributed by atoms with Crippen LogP contribution in [0.1, 0.15) is 12.6 Å². The van der Waals surface area contributed by atoms with E-state index in [0.717, 1.165) is 17.9 Å². The molecule has 0 amide bonds. The molecule has 0 spiro atoms. The van der Waals surface area contributed by atoms with Crippen LogP contribution in [-0.4, -0.2) is 11.5 Å². The smallest absolute Gasteiger partial charge is 0.123 e. The number of hydrogen-bond donors (Lipinski definition) is 1. The maximum Gasteiger partial charge on any atom is 0.123 e. The minimum absolute atomic E-state index is 0.225. The Morgan fingerprint density at radius 1 is 1.22 bits per heavy atom. The van der Waals surface area contributed by atoms with Crippen LogP contribution in [0.5, 0.6) is 0 Å². The first-order valence-electron chi connectivity index (χ1n) is 5.90. The van der Waals surface area contributed by atoms with Crippen molar-refractivity contribution in [1.82, 2.24) is 4.98 Å². The standard InChI is InChI=1S/C14H16FN3/c1-2-18(14-5-3-11(15)4-6-14)10-13-9-12(16)7-8-17-13/h3-9H,2,10H2,1H3,(H2,16,17). The molecule has 0 atom stereocenters. The van der Waals surface area contributed by atoms with Crippen molar-refractivity contribution in [3.8, 4) is 0 Å². The second-order valence-corrected chi connectivity index (χ2v) is 4.07. The van der Waals surface area contributed by atoms with Gasteiger partial charge in [-0.05, 0) is 43.3 Å². The lowest BCUT2D eigenvalue weighted by Gasteiger charge is -2.22. The highest BCUT2D eigenvalue weighted by atomic mass is 19.1. The second kappa shape index (κ2) is 5.49. The third-order valence-corrected chi connectivity index (χ3v) is 2.77. The number of pyridine rings is 1. The maximum atomic E-state index is 12.9. The Morgan fingerprint density at radius 2 is 1.94 bits per heavy atom. The number of nitrogen functional groups attached to an aromatic ring is 1. The number of rotatable bonds is 4. The summed E-state index contributed by atoms with van der Waals surface area (Å²) >= 11 is 0. The van der Waals surface area contributed by atoms with Crippen molar-refractivity contribution in [3.63, 3.8) is 0 Å². The summed E-state index contributed by atoms with van der Waals surface area (Å²) in [6, 6.07) is 10.1. The molecule has 0 unspecified atom stereocenters. The number of halogens is 1. The van der Waals surface area contributed by atoms with Crippen LogP contribution >= 0.6 is 0 Å². The molecule has 0 aliphatic heterocycles. The molecule has 2 aromatic rings. The fourth-order valence-corrected chi connectivity index (χ4v) is 1.82. The summed E-state index contributed by atoms with van der Waals surface area (Å²) in [6.07, 6.45) is 1.70. The first kappa shape index (κ1) is 12.4. The molecule has 4 heteroatoms. The normalized spacial score (nSPS) is 10.3. The van der Waals surface area contributed by atoms with Gasteiger partial charge in [0.15, 0.2) is 0 Å². The van der Waals surface area contributed by atoms with Crippen molar-refractivity contribution < 1.29 is 4.39 Å². The van der Waals surface area contributed by atoms with Gasteiger partial charge in [-0.1, -0.05) is 0 Å². The quantitative estimate of drug-likeness (QED) is 0.900. The Kier molecular flexibility index (Phi) is 3.77. The fourth-order valence-electron chi connectivity index (χ4n) is 1.82. The van der Waals surface area contributed by atoms with Gasteiger partial charge in [0, 0.05) is 24.1 Å². The summed E-state index contributed by atoms with van der Waals surface area (Å²) in [5, 5.41) is 0. The molecule has 94 valence electrons. The average Bonchev–Trinajstić information content (AvgIpc) is 2.37. The summed E-state index contributed by atoms with van der Waals surface area (Å²) in [6.45, 7) is 3.53. The Hall–Kier alpha value is -2.10. The Balaban J connectivity index is 2.17. The molecular weight excluding hydrogens is 229 g/mol. The molecule has 0 aliphatic carbocycles. The molecule has 0 aliphatic rings. The predicted molar refractivity (Wildman–Crippen MR) is 71.8 cm³/mol. The van der Waals surface area contributed by atoms with Gasteiger partial charge >= 0.3 is 0 Å². The van der Waals surface area contributed by atoms with E-state index in [0.29, 0.717) is 12.2 Å². The van der Waals surface area contributed by atoms with Crippen LogP contribution in [0.4, 0.5) is 15.8 Å². The second-order valence-electron chi connectivity index (χ2n) is 4.07. The highest BCUT2D eigenvalue weighted by molar-refractivity contribution is 5.47. The maximum absolute atomic E-state index is 12.9. The number of hydrogen-bond acceptors (Lipinski definition) is 3. The lowest BCUT2D eigenvalue weighted by Crippen LogP contribution is -2.22. The van der Waals surface area contributed by atoms with Gasteiger partial charge in [-0.15, -0.1) is 0 Å². The van der Waals surface area contributed by atoms with Gasteiger partial charge in [0.05, 0.1) is 12.2 Å². The molecule has 2 N–H and O–H groups in total. The largest absolute Gasteiger partial charge is 0.399 e. The lowest BCUT2D eigenvalue weighted by molar-refractivity contribution is 0.627. The molecule has 0 bridgehead atoms. The molecule has 0 fully saturated rings. The van der Waals surface area contributed by atoms with Gasteiger partial charge < -0.3 is 10.6 Å². The van der Waals surface area contributed by atoms with Crippen LogP contribution in [0.2, 0.25) is 0 Å². The average molecular weight is 245 g/mol. The van der Waals surface area contributed by atoms with Crippen LogP contribution in [0.3, 0.4) is 0 Å². The van der Waals surface area contributed by atoms with Gasteiger partial charge in [-0.25, -0.2) is 4.39 Å². The minimum Gasteiger partial charge on any atom is -0.399 e. The van der Waals surface area contributed by atoms with Gasteiger partial charge in [0.2, 0.25) is 0 Å². The van der Waals surface area contributed by atoms with E-state index in [1.54, 1.807) is 24.4 Å². The molecule has 1 aromatic heterocycles.